The third-order valence-electron chi connectivity index (χ3n) is 2.32. The van der Waals surface area contributed by atoms with E-state index in [4.69, 9.17) is 4.74 Å². The Kier molecular flexibility index (Phi) is 3.58. The molecule has 0 aliphatic carbocycles. The van der Waals surface area contributed by atoms with E-state index < -0.39 is 0 Å². The van der Waals surface area contributed by atoms with Crippen LogP contribution in [-0.4, -0.2) is 24.2 Å². The summed E-state index contributed by atoms with van der Waals surface area (Å²) in [6, 6.07) is 4.54. The predicted octanol–water partition coefficient (Wildman–Crippen LogP) is 2.28. The Balaban J connectivity index is 1.99. The summed E-state index contributed by atoms with van der Waals surface area (Å²) in [6.45, 7) is 1.72. The van der Waals surface area contributed by atoms with Gasteiger partial charge in [-0.25, -0.2) is 4.98 Å². The van der Waals surface area contributed by atoms with Crippen LogP contribution in [0, 0.1) is 3.57 Å². The van der Waals surface area contributed by atoms with Crippen molar-refractivity contribution >= 4 is 28.4 Å². The zero-order valence-electron chi connectivity index (χ0n) is 7.87. The van der Waals surface area contributed by atoms with E-state index >= 15 is 0 Å². The van der Waals surface area contributed by atoms with Gasteiger partial charge < -0.3 is 10.1 Å². The Labute approximate surface area is 97.4 Å². The minimum Gasteiger partial charge on any atom is -0.381 e. The molecule has 0 radical (unpaired) electrons. The fraction of sp³-hybridized carbons (Fsp3) is 0.500. The number of hydrogen-bond donors (Lipinski definition) is 1. The van der Waals surface area contributed by atoms with E-state index in [0.29, 0.717) is 6.04 Å². The first-order valence-corrected chi connectivity index (χ1v) is 5.89. The second-order valence-electron chi connectivity index (χ2n) is 3.36. The topological polar surface area (TPSA) is 34.2 Å². The molecule has 14 heavy (non-hydrogen) atoms. The zero-order chi connectivity index (χ0) is 9.80. The molecule has 1 N–H and O–H groups in total. The first kappa shape index (κ1) is 10.2. The van der Waals surface area contributed by atoms with Crippen LogP contribution in [0.15, 0.2) is 18.3 Å². The van der Waals surface area contributed by atoms with Crippen molar-refractivity contribution in [1.29, 1.82) is 0 Å². The highest BCUT2D eigenvalue weighted by Gasteiger charge is 2.14. The van der Waals surface area contributed by atoms with Crippen molar-refractivity contribution in [3.05, 3.63) is 21.9 Å². The van der Waals surface area contributed by atoms with Gasteiger partial charge in [0.2, 0.25) is 0 Å². The minimum absolute atomic E-state index is 0.521. The Morgan fingerprint density at radius 2 is 2.21 bits per heavy atom. The number of halogens is 1. The van der Waals surface area contributed by atoms with E-state index in [1.54, 1.807) is 0 Å². The Morgan fingerprint density at radius 3 is 2.93 bits per heavy atom. The van der Waals surface area contributed by atoms with Gasteiger partial charge in [-0.3, -0.25) is 0 Å². The average Bonchev–Trinajstić information content (AvgIpc) is 2.23. The summed E-state index contributed by atoms with van der Waals surface area (Å²) >= 11 is 2.30. The lowest BCUT2D eigenvalue weighted by molar-refractivity contribution is 0.0903. The molecule has 1 saturated heterocycles. The molecule has 0 amide bonds. The standard InChI is InChI=1S/C10H13IN2O/c11-9-2-1-5-12-10(9)13-8-3-6-14-7-4-8/h1-2,5,8H,3-4,6-7H2,(H,12,13). The number of rotatable bonds is 2. The summed E-state index contributed by atoms with van der Waals surface area (Å²) in [7, 11) is 0. The number of nitrogens with zero attached hydrogens (tertiary/aromatic N) is 1. The quantitative estimate of drug-likeness (QED) is 0.851. The van der Waals surface area contributed by atoms with Crippen molar-refractivity contribution in [2.45, 2.75) is 18.9 Å². The maximum Gasteiger partial charge on any atom is 0.139 e. The lowest BCUT2D eigenvalue weighted by atomic mass is 10.1. The Hall–Kier alpha value is -0.360. The molecule has 1 aromatic heterocycles. The normalized spacial score (nSPS) is 18.1. The van der Waals surface area contributed by atoms with E-state index in [-0.39, 0.29) is 0 Å². The van der Waals surface area contributed by atoms with Crippen LogP contribution in [0.5, 0.6) is 0 Å². The third-order valence-corrected chi connectivity index (χ3v) is 3.19. The van der Waals surface area contributed by atoms with Crippen molar-refractivity contribution in [3.63, 3.8) is 0 Å². The monoisotopic (exact) mass is 304 g/mol. The summed E-state index contributed by atoms with van der Waals surface area (Å²) in [4.78, 5) is 4.31. The van der Waals surface area contributed by atoms with Crippen molar-refractivity contribution in [3.8, 4) is 0 Å². The van der Waals surface area contributed by atoms with Crippen LogP contribution in [0.1, 0.15) is 12.8 Å². The van der Waals surface area contributed by atoms with Crippen molar-refractivity contribution in [2.24, 2.45) is 0 Å². The Morgan fingerprint density at radius 1 is 1.43 bits per heavy atom. The van der Waals surface area contributed by atoms with Crippen LogP contribution in [0.4, 0.5) is 5.82 Å². The van der Waals surface area contributed by atoms with E-state index in [1.165, 1.54) is 3.57 Å². The average molecular weight is 304 g/mol. The van der Waals surface area contributed by atoms with Gasteiger partial charge in [0.15, 0.2) is 0 Å². The van der Waals surface area contributed by atoms with Gasteiger partial charge >= 0.3 is 0 Å². The number of aromatic nitrogens is 1. The molecule has 1 fully saturated rings. The van der Waals surface area contributed by atoms with Crippen LogP contribution in [0.2, 0.25) is 0 Å². The summed E-state index contributed by atoms with van der Waals surface area (Å²) < 4.78 is 6.48. The summed E-state index contributed by atoms with van der Waals surface area (Å²) in [5, 5.41) is 3.45. The fourth-order valence-electron chi connectivity index (χ4n) is 1.53. The van der Waals surface area contributed by atoms with Crippen LogP contribution < -0.4 is 5.32 Å². The van der Waals surface area contributed by atoms with Crippen LogP contribution >= 0.6 is 22.6 Å². The maximum atomic E-state index is 5.31. The molecular formula is C10H13IN2O. The van der Waals surface area contributed by atoms with Crippen LogP contribution in [0.3, 0.4) is 0 Å². The van der Waals surface area contributed by atoms with E-state index in [2.05, 4.69) is 39.0 Å². The van der Waals surface area contributed by atoms with Crippen LogP contribution in [-0.2, 0) is 4.74 Å². The molecule has 1 aliphatic rings. The second-order valence-corrected chi connectivity index (χ2v) is 4.53. The summed E-state index contributed by atoms with van der Waals surface area (Å²) in [6.07, 6.45) is 3.98. The van der Waals surface area contributed by atoms with E-state index in [9.17, 15) is 0 Å². The van der Waals surface area contributed by atoms with E-state index in [1.807, 2.05) is 12.3 Å². The lowest BCUT2D eigenvalue weighted by Crippen LogP contribution is -2.28. The molecule has 3 nitrogen and oxygen atoms in total. The highest BCUT2D eigenvalue weighted by molar-refractivity contribution is 14.1. The highest BCUT2D eigenvalue weighted by Crippen LogP contribution is 2.18. The van der Waals surface area contributed by atoms with Crippen molar-refractivity contribution in [1.82, 2.24) is 4.98 Å². The Bertz CT molecular complexity index is 300. The first-order chi connectivity index (χ1) is 6.86. The highest BCUT2D eigenvalue weighted by atomic mass is 127. The molecule has 0 spiro atoms. The van der Waals surface area contributed by atoms with Gasteiger partial charge in [-0.15, -0.1) is 0 Å². The van der Waals surface area contributed by atoms with Crippen molar-refractivity contribution < 1.29 is 4.74 Å². The zero-order valence-corrected chi connectivity index (χ0v) is 10.0. The molecule has 0 aromatic carbocycles. The lowest BCUT2D eigenvalue weighted by Gasteiger charge is -2.23. The third kappa shape index (κ3) is 2.57. The molecule has 2 rings (SSSR count). The smallest absolute Gasteiger partial charge is 0.139 e. The molecular weight excluding hydrogens is 291 g/mol. The number of hydrogen-bond acceptors (Lipinski definition) is 3. The fourth-order valence-corrected chi connectivity index (χ4v) is 2.03. The number of anilines is 1. The summed E-state index contributed by atoms with van der Waals surface area (Å²) in [5.41, 5.74) is 0. The van der Waals surface area contributed by atoms with Gasteiger partial charge in [-0.2, -0.15) is 0 Å². The molecule has 0 unspecified atom stereocenters. The molecule has 1 aromatic rings. The number of nitrogens with one attached hydrogen (secondary N) is 1. The molecule has 0 saturated carbocycles. The van der Waals surface area contributed by atoms with Gasteiger partial charge in [-0.1, -0.05) is 0 Å². The van der Waals surface area contributed by atoms with Gasteiger partial charge in [0.25, 0.3) is 0 Å². The summed E-state index contributed by atoms with van der Waals surface area (Å²) in [5.74, 6) is 1.00. The first-order valence-electron chi connectivity index (χ1n) is 4.81. The van der Waals surface area contributed by atoms with Gasteiger partial charge in [0, 0.05) is 25.5 Å². The molecule has 76 valence electrons. The van der Waals surface area contributed by atoms with Crippen molar-refractivity contribution in [2.75, 3.05) is 18.5 Å². The maximum absolute atomic E-state index is 5.31. The van der Waals surface area contributed by atoms with Gasteiger partial charge in [0.05, 0.1) is 3.57 Å². The molecule has 0 atom stereocenters. The largest absolute Gasteiger partial charge is 0.381 e. The van der Waals surface area contributed by atoms with Gasteiger partial charge in [0.1, 0.15) is 5.82 Å². The number of pyridine rings is 1. The number of ether oxygens (including phenoxy) is 1. The van der Waals surface area contributed by atoms with E-state index in [0.717, 1.165) is 31.9 Å². The molecule has 1 aliphatic heterocycles. The molecule has 0 bridgehead atoms. The SMILES string of the molecule is Ic1cccnc1NC1CCOCC1. The molecule has 2 heterocycles. The second kappa shape index (κ2) is 4.93. The van der Waals surface area contributed by atoms with Gasteiger partial charge in [-0.05, 0) is 47.6 Å². The predicted molar refractivity (Wildman–Crippen MR) is 64.4 cm³/mol. The molecule has 4 heteroatoms. The van der Waals surface area contributed by atoms with Crippen LogP contribution in [0.25, 0.3) is 0 Å². The minimum atomic E-state index is 0.521.